The first kappa shape index (κ1) is 16.7. The fraction of sp³-hybridized carbons (Fsp3) is 0.667. The summed E-state index contributed by atoms with van der Waals surface area (Å²) in [4.78, 5) is 0. The van der Waals surface area contributed by atoms with Crippen molar-refractivity contribution in [1.82, 2.24) is 0 Å². The molecule has 0 saturated carbocycles. The molecule has 0 fully saturated rings. The van der Waals surface area contributed by atoms with E-state index in [2.05, 4.69) is 13.2 Å². The van der Waals surface area contributed by atoms with Crippen molar-refractivity contribution in [3.05, 3.63) is 25.7 Å². The molecule has 0 rings (SSSR count). The molecule has 0 aliphatic rings. The van der Waals surface area contributed by atoms with Crippen LogP contribution in [-0.4, -0.2) is 49.4 Å². The second-order valence-corrected chi connectivity index (χ2v) is 5.36. The van der Waals surface area contributed by atoms with E-state index in [0.717, 1.165) is 49.4 Å². The van der Waals surface area contributed by atoms with Crippen LogP contribution in [0, 0.1) is 0 Å². The second kappa shape index (κ2) is 15.7. The van der Waals surface area contributed by atoms with Crippen molar-refractivity contribution in [2.24, 2.45) is 0 Å². The Morgan fingerprint density at radius 1 is 0.706 bits per heavy atom. The van der Waals surface area contributed by atoms with Gasteiger partial charge in [-0.25, -0.2) is 0 Å². The first-order chi connectivity index (χ1) is 8.41. The van der Waals surface area contributed by atoms with Gasteiger partial charge in [0.05, 0.1) is 39.0 Å². The van der Waals surface area contributed by atoms with Gasteiger partial charge in [0, 0.05) is 23.0 Å². The van der Waals surface area contributed by atoms with Crippen LogP contribution < -0.4 is 0 Å². The van der Waals surface area contributed by atoms with Crippen LogP contribution in [0.15, 0.2) is 25.7 Å². The van der Waals surface area contributed by atoms with Crippen LogP contribution in [-0.2, 0) is 14.2 Å². The first-order valence-electron chi connectivity index (χ1n) is 5.60. The van der Waals surface area contributed by atoms with Crippen LogP contribution in [0.4, 0.5) is 0 Å². The molecule has 0 heterocycles. The van der Waals surface area contributed by atoms with Crippen molar-refractivity contribution in [3.63, 3.8) is 0 Å². The summed E-state index contributed by atoms with van der Waals surface area (Å²) in [7, 11) is 0. The summed E-state index contributed by atoms with van der Waals surface area (Å²) in [6.45, 7) is 10.0. The van der Waals surface area contributed by atoms with Crippen LogP contribution in [0.5, 0.6) is 0 Å². The van der Waals surface area contributed by atoms with E-state index < -0.39 is 0 Å². The van der Waals surface area contributed by atoms with Crippen molar-refractivity contribution in [1.29, 1.82) is 0 Å². The average molecular weight is 278 g/mol. The summed E-state index contributed by atoms with van der Waals surface area (Å²) in [5, 5.41) is 0. The maximum Gasteiger partial charge on any atom is 0.0963 e. The predicted octanol–water partition coefficient (Wildman–Crippen LogP) is 2.79. The highest BCUT2D eigenvalue weighted by Crippen LogP contribution is 2.02. The van der Waals surface area contributed by atoms with Crippen LogP contribution in [0.1, 0.15) is 0 Å². The van der Waals surface area contributed by atoms with Gasteiger partial charge in [0.15, 0.2) is 0 Å². The van der Waals surface area contributed by atoms with Gasteiger partial charge in [-0.1, -0.05) is 13.2 Å². The van der Waals surface area contributed by atoms with Crippen molar-refractivity contribution in [2.75, 3.05) is 49.4 Å². The van der Waals surface area contributed by atoms with Gasteiger partial charge in [0.2, 0.25) is 0 Å². The summed E-state index contributed by atoms with van der Waals surface area (Å²) in [5.41, 5.74) is 0. The van der Waals surface area contributed by atoms with Crippen molar-refractivity contribution in [3.8, 4) is 0 Å². The highest BCUT2D eigenvalue weighted by Gasteiger charge is 1.92. The van der Waals surface area contributed by atoms with Gasteiger partial charge in [0.25, 0.3) is 0 Å². The SMILES string of the molecule is C=COCCSCCOCCSCCOC=C. The Morgan fingerprint density at radius 3 is 1.53 bits per heavy atom. The highest BCUT2D eigenvalue weighted by atomic mass is 32.2. The van der Waals surface area contributed by atoms with Crippen LogP contribution in [0.2, 0.25) is 0 Å². The highest BCUT2D eigenvalue weighted by molar-refractivity contribution is 7.99. The Morgan fingerprint density at radius 2 is 1.12 bits per heavy atom. The molecule has 0 saturated heterocycles. The van der Waals surface area contributed by atoms with E-state index in [4.69, 9.17) is 14.2 Å². The van der Waals surface area contributed by atoms with E-state index in [-0.39, 0.29) is 0 Å². The lowest BCUT2D eigenvalue weighted by Gasteiger charge is -2.04. The molecular weight excluding hydrogens is 256 g/mol. The number of hydrogen-bond acceptors (Lipinski definition) is 5. The van der Waals surface area contributed by atoms with Crippen LogP contribution in [0.3, 0.4) is 0 Å². The number of rotatable bonds is 14. The molecule has 0 aromatic rings. The van der Waals surface area contributed by atoms with Crippen molar-refractivity contribution >= 4 is 23.5 Å². The van der Waals surface area contributed by atoms with E-state index >= 15 is 0 Å². The van der Waals surface area contributed by atoms with Crippen LogP contribution in [0.25, 0.3) is 0 Å². The molecule has 0 aliphatic heterocycles. The minimum atomic E-state index is 0.729. The number of thioether (sulfide) groups is 2. The maximum atomic E-state index is 5.48. The molecule has 0 bridgehead atoms. The zero-order valence-corrected chi connectivity index (χ0v) is 11.9. The minimum absolute atomic E-state index is 0.729. The zero-order chi connectivity index (χ0) is 12.6. The molecular formula is C12H22O3S2. The molecule has 0 aliphatic carbocycles. The molecule has 0 spiro atoms. The zero-order valence-electron chi connectivity index (χ0n) is 10.3. The fourth-order valence-corrected chi connectivity index (χ4v) is 2.23. The Hall–Kier alpha value is -0.260. The second-order valence-electron chi connectivity index (χ2n) is 2.91. The van der Waals surface area contributed by atoms with E-state index in [9.17, 15) is 0 Å². The summed E-state index contributed by atoms with van der Waals surface area (Å²) in [6, 6.07) is 0. The molecule has 0 aromatic heterocycles. The molecule has 0 N–H and O–H groups in total. The third-order valence-corrected chi connectivity index (χ3v) is 3.49. The largest absolute Gasteiger partial charge is 0.501 e. The summed E-state index contributed by atoms with van der Waals surface area (Å²) >= 11 is 3.66. The summed E-state index contributed by atoms with van der Waals surface area (Å²) < 4.78 is 15.5. The third-order valence-electron chi connectivity index (χ3n) is 1.67. The molecule has 0 amide bonds. The minimum Gasteiger partial charge on any atom is -0.501 e. The lowest BCUT2D eigenvalue weighted by atomic mass is 10.8. The summed E-state index contributed by atoms with van der Waals surface area (Å²) in [6.07, 6.45) is 2.95. The monoisotopic (exact) mass is 278 g/mol. The quantitative estimate of drug-likeness (QED) is 0.360. The van der Waals surface area contributed by atoms with Gasteiger partial charge in [-0.3, -0.25) is 0 Å². The number of ether oxygens (including phenoxy) is 3. The Labute approximate surface area is 113 Å². The van der Waals surface area contributed by atoms with Gasteiger partial charge in [-0.05, 0) is 0 Å². The average Bonchev–Trinajstić information content (AvgIpc) is 2.35. The van der Waals surface area contributed by atoms with E-state index in [1.165, 1.54) is 12.5 Å². The third kappa shape index (κ3) is 15.7. The van der Waals surface area contributed by atoms with E-state index in [1.54, 1.807) is 0 Å². The fourth-order valence-electron chi connectivity index (χ4n) is 0.923. The smallest absolute Gasteiger partial charge is 0.0963 e. The van der Waals surface area contributed by atoms with Gasteiger partial charge in [-0.2, -0.15) is 23.5 Å². The van der Waals surface area contributed by atoms with E-state index in [1.807, 2.05) is 23.5 Å². The predicted molar refractivity (Wildman–Crippen MR) is 77.8 cm³/mol. The number of hydrogen-bond donors (Lipinski definition) is 0. The van der Waals surface area contributed by atoms with Gasteiger partial charge >= 0.3 is 0 Å². The van der Waals surface area contributed by atoms with E-state index in [0.29, 0.717) is 0 Å². The topological polar surface area (TPSA) is 27.7 Å². The summed E-state index contributed by atoms with van der Waals surface area (Å²) in [5.74, 6) is 4.02. The molecule has 0 atom stereocenters. The molecule has 17 heavy (non-hydrogen) atoms. The molecule has 0 aromatic carbocycles. The Kier molecular flexibility index (Phi) is 15.5. The Bertz CT molecular complexity index is 159. The van der Waals surface area contributed by atoms with Gasteiger partial charge in [0.1, 0.15) is 0 Å². The first-order valence-corrected chi connectivity index (χ1v) is 7.91. The van der Waals surface area contributed by atoms with Gasteiger partial charge in [-0.15, -0.1) is 0 Å². The molecule has 3 nitrogen and oxygen atoms in total. The normalized spacial score (nSPS) is 9.88. The van der Waals surface area contributed by atoms with Crippen molar-refractivity contribution in [2.45, 2.75) is 0 Å². The molecule has 100 valence electrons. The standard InChI is InChI=1S/C12H22O3S2/c1-3-13-5-9-16-11-7-15-8-12-17-10-6-14-4-2/h3-4H,1-2,5-12H2. The van der Waals surface area contributed by atoms with Crippen LogP contribution >= 0.6 is 23.5 Å². The maximum absolute atomic E-state index is 5.48. The Balaban J connectivity index is 2.89. The lowest BCUT2D eigenvalue weighted by Crippen LogP contribution is -2.04. The van der Waals surface area contributed by atoms with Crippen molar-refractivity contribution < 1.29 is 14.2 Å². The molecule has 5 heteroatoms. The van der Waals surface area contributed by atoms with Gasteiger partial charge < -0.3 is 14.2 Å². The molecule has 0 radical (unpaired) electrons. The lowest BCUT2D eigenvalue weighted by molar-refractivity contribution is 0.167. The molecule has 0 unspecified atom stereocenters.